The van der Waals surface area contributed by atoms with Crippen LogP contribution in [0.2, 0.25) is 0 Å². The fourth-order valence-electron chi connectivity index (χ4n) is 3.52. The van der Waals surface area contributed by atoms with Gasteiger partial charge in [0.25, 0.3) is 11.1 Å². The minimum absolute atomic E-state index is 0.00151. The molecule has 0 atom stereocenters. The lowest BCUT2D eigenvalue weighted by Gasteiger charge is -2.13. The fraction of sp³-hybridized carbons (Fsp3) is 0.185. The monoisotopic (exact) mass is 539 g/mol. The van der Waals surface area contributed by atoms with Crippen molar-refractivity contribution in [2.75, 3.05) is 20.3 Å². The first-order valence-corrected chi connectivity index (χ1v) is 13.5. The Morgan fingerprint density at radius 2 is 1.68 bits per heavy atom. The van der Waals surface area contributed by atoms with Crippen molar-refractivity contribution in [2.24, 2.45) is 0 Å². The third-order valence-corrected chi connectivity index (χ3v) is 7.60. The number of carbonyl (C=O) groups excluding carboxylic acids is 2. The molecule has 8 nitrogen and oxygen atoms in total. The maximum absolute atomic E-state index is 12.8. The molecule has 1 aliphatic rings. The number of carbonyl (C=O) groups is 2. The Kier molecular flexibility index (Phi) is 7.89. The summed E-state index contributed by atoms with van der Waals surface area (Å²) in [6.07, 6.45) is 1.55. The zero-order valence-electron chi connectivity index (χ0n) is 20.5. The molecule has 4 rings (SSSR count). The van der Waals surface area contributed by atoms with Gasteiger partial charge in [-0.05, 0) is 79.2 Å². The van der Waals surface area contributed by atoms with E-state index in [1.54, 1.807) is 24.3 Å². The first-order valence-electron chi connectivity index (χ1n) is 11.3. The van der Waals surface area contributed by atoms with Crippen LogP contribution in [0.4, 0.5) is 4.79 Å². The van der Waals surface area contributed by atoms with Gasteiger partial charge in [-0.15, -0.1) is 0 Å². The lowest BCUT2D eigenvalue weighted by Crippen LogP contribution is -2.32. The molecule has 1 fully saturated rings. The Balaban J connectivity index is 1.45. The van der Waals surface area contributed by atoms with Crippen LogP contribution in [0.1, 0.15) is 16.7 Å². The maximum Gasteiger partial charge on any atom is 0.339 e. The third-order valence-electron chi connectivity index (χ3n) is 5.44. The number of aryl methyl sites for hydroxylation is 2. The fourth-order valence-corrected chi connectivity index (χ4v) is 5.32. The predicted molar refractivity (Wildman–Crippen MR) is 141 cm³/mol. The number of amides is 2. The Labute approximate surface area is 220 Å². The average molecular weight is 540 g/mol. The number of thioether (sulfide) groups is 1. The highest BCUT2D eigenvalue weighted by atomic mass is 32.2. The summed E-state index contributed by atoms with van der Waals surface area (Å²) in [5, 5.41) is -0.389. The lowest BCUT2D eigenvalue weighted by atomic mass is 10.2. The van der Waals surface area contributed by atoms with Crippen molar-refractivity contribution in [2.45, 2.75) is 18.7 Å². The molecule has 3 aromatic carbocycles. The first-order chi connectivity index (χ1) is 17.7. The molecule has 0 saturated carbocycles. The van der Waals surface area contributed by atoms with E-state index in [0.29, 0.717) is 11.3 Å². The van der Waals surface area contributed by atoms with Crippen LogP contribution in [0.15, 0.2) is 76.5 Å². The number of nitrogens with zero attached hydrogens (tertiary/aromatic N) is 1. The van der Waals surface area contributed by atoms with Crippen molar-refractivity contribution >= 4 is 39.1 Å². The van der Waals surface area contributed by atoms with Crippen molar-refractivity contribution in [3.63, 3.8) is 0 Å². The molecule has 3 aromatic rings. The van der Waals surface area contributed by atoms with Crippen LogP contribution in [0.25, 0.3) is 6.08 Å². The van der Waals surface area contributed by atoms with Crippen LogP contribution in [-0.2, 0) is 14.9 Å². The van der Waals surface area contributed by atoms with E-state index in [0.717, 1.165) is 27.8 Å². The number of rotatable bonds is 9. The van der Waals surface area contributed by atoms with Crippen molar-refractivity contribution in [1.82, 2.24) is 4.90 Å². The quantitative estimate of drug-likeness (QED) is 0.270. The summed E-state index contributed by atoms with van der Waals surface area (Å²) in [4.78, 5) is 26.7. The van der Waals surface area contributed by atoms with Crippen LogP contribution in [0.5, 0.6) is 17.2 Å². The van der Waals surface area contributed by atoms with Gasteiger partial charge in [0, 0.05) is 0 Å². The van der Waals surface area contributed by atoms with E-state index < -0.39 is 16.0 Å². The second kappa shape index (κ2) is 11.1. The van der Waals surface area contributed by atoms with Crippen LogP contribution in [0.3, 0.4) is 0 Å². The molecule has 0 bridgehead atoms. The zero-order chi connectivity index (χ0) is 26.6. The van der Waals surface area contributed by atoms with Gasteiger partial charge in [0.05, 0.1) is 18.6 Å². The third kappa shape index (κ3) is 6.33. The smallest absolute Gasteiger partial charge is 0.339 e. The minimum Gasteiger partial charge on any atom is -0.493 e. The molecule has 192 valence electrons. The summed E-state index contributed by atoms with van der Waals surface area (Å²) in [5.41, 5.74) is 2.51. The molecule has 1 aliphatic heterocycles. The van der Waals surface area contributed by atoms with Crippen LogP contribution >= 0.6 is 11.8 Å². The van der Waals surface area contributed by atoms with Crippen molar-refractivity contribution < 1.29 is 31.7 Å². The maximum atomic E-state index is 12.8. The van der Waals surface area contributed by atoms with Crippen LogP contribution < -0.4 is 13.7 Å². The number of hydrogen-bond acceptors (Lipinski definition) is 8. The highest BCUT2D eigenvalue weighted by Crippen LogP contribution is 2.35. The van der Waals surface area contributed by atoms with Gasteiger partial charge in [0.1, 0.15) is 17.3 Å². The summed E-state index contributed by atoms with van der Waals surface area (Å²) >= 11 is 0.826. The van der Waals surface area contributed by atoms with E-state index in [2.05, 4.69) is 0 Å². The highest BCUT2D eigenvalue weighted by molar-refractivity contribution is 8.18. The van der Waals surface area contributed by atoms with Crippen molar-refractivity contribution in [3.8, 4) is 17.2 Å². The Hall–Kier alpha value is -3.76. The normalized spacial score (nSPS) is 14.8. The van der Waals surface area contributed by atoms with Gasteiger partial charge in [-0.1, -0.05) is 35.9 Å². The van der Waals surface area contributed by atoms with E-state index >= 15 is 0 Å². The predicted octanol–water partition coefficient (Wildman–Crippen LogP) is 5.20. The SMILES string of the molecule is COc1cc(/C=C2\SC(=O)N(CCOc3cccc(C)c3)C2=O)ccc1OS(=O)(=O)c1ccc(C)cc1. The molecule has 0 N–H and O–H groups in total. The van der Waals surface area contributed by atoms with E-state index in [4.69, 9.17) is 13.7 Å². The Bertz CT molecular complexity index is 1460. The molecule has 1 heterocycles. The van der Waals surface area contributed by atoms with E-state index in [1.165, 1.54) is 31.4 Å². The number of hydrogen-bond donors (Lipinski definition) is 0. The highest BCUT2D eigenvalue weighted by Gasteiger charge is 2.35. The molecular formula is C27H25NO7S2. The number of ether oxygens (including phenoxy) is 2. The van der Waals surface area contributed by atoms with Gasteiger partial charge in [0.2, 0.25) is 0 Å². The van der Waals surface area contributed by atoms with Gasteiger partial charge in [-0.2, -0.15) is 8.42 Å². The standard InChI is InChI=1S/C27H25NO7S2/c1-18-7-10-22(11-8-18)37(31,32)35-23-12-9-20(16-24(23)33-3)17-25-26(29)28(27(30)36-25)13-14-34-21-6-4-5-19(2)15-21/h4-12,15-17H,13-14H2,1-3H3/b25-17-. The van der Waals surface area contributed by atoms with Gasteiger partial charge < -0.3 is 13.7 Å². The Morgan fingerprint density at radius 3 is 2.38 bits per heavy atom. The second-order valence-corrected chi connectivity index (χ2v) is 10.8. The number of imide groups is 1. The molecule has 0 aliphatic carbocycles. The number of methoxy groups -OCH3 is 1. The summed E-state index contributed by atoms with van der Waals surface area (Å²) < 4.78 is 41.6. The minimum atomic E-state index is -4.07. The van der Waals surface area contributed by atoms with Crippen LogP contribution in [0, 0.1) is 13.8 Å². The van der Waals surface area contributed by atoms with Gasteiger partial charge in [-0.25, -0.2) is 0 Å². The summed E-state index contributed by atoms with van der Waals surface area (Å²) in [7, 11) is -2.69. The summed E-state index contributed by atoms with van der Waals surface area (Å²) in [6, 6.07) is 18.4. The molecule has 1 saturated heterocycles. The molecule has 0 aromatic heterocycles. The molecular weight excluding hydrogens is 514 g/mol. The Morgan fingerprint density at radius 1 is 0.919 bits per heavy atom. The summed E-state index contributed by atoms with van der Waals surface area (Å²) in [5.74, 6) is 0.405. The van der Waals surface area contributed by atoms with Crippen molar-refractivity contribution in [3.05, 3.63) is 88.3 Å². The summed E-state index contributed by atoms with van der Waals surface area (Å²) in [6.45, 7) is 4.09. The largest absolute Gasteiger partial charge is 0.493 e. The lowest BCUT2D eigenvalue weighted by molar-refractivity contribution is -0.123. The average Bonchev–Trinajstić information content (AvgIpc) is 3.12. The molecule has 0 spiro atoms. The van der Waals surface area contributed by atoms with E-state index in [9.17, 15) is 18.0 Å². The topological polar surface area (TPSA) is 99.2 Å². The van der Waals surface area contributed by atoms with E-state index in [1.807, 2.05) is 38.1 Å². The molecule has 0 radical (unpaired) electrons. The van der Waals surface area contributed by atoms with Crippen molar-refractivity contribution in [1.29, 1.82) is 0 Å². The van der Waals surface area contributed by atoms with E-state index in [-0.39, 0.29) is 39.7 Å². The number of benzene rings is 3. The second-order valence-electron chi connectivity index (χ2n) is 8.26. The molecule has 10 heteroatoms. The molecule has 0 unspecified atom stereocenters. The molecule has 37 heavy (non-hydrogen) atoms. The zero-order valence-corrected chi connectivity index (χ0v) is 22.1. The van der Waals surface area contributed by atoms with Crippen LogP contribution in [-0.4, -0.2) is 44.7 Å². The van der Waals surface area contributed by atoms with Gasteiger partial charge in [-0.3, -0.25) is 14.5 Å². The first kappa shape index (κ1) is 26.3. The van der Waals surface area contributed by atoms with Gasteiger partial charge >= 0.3 is 10.1 Å². The van der Waals surface area contributed by atoms with Gasteiger partial charge in [0.15, 0.2) is 11.5 Å². The molecule has 2 amide bonds.